The molecule has 108 valence electrons. The molecule has 0 aromatic heterocycles. The van der Waals surface area contributed by atoms with Crippen LogP contribution in [-0.4, -0.2) is 19.1 Å². The van der Waals surface area contributed by atoms with Crippen molar-refractivity contribution < 1.29 is 14.3 Å². The Morgan fingerprint density at radius 2 is 1.86 bits per heavy atom. The van der Waals surface area contributed by atoms with Gasteiger partial charge in [-0.1, -0.05) is 18.2 Å². The molecule has 3 N–H and O–H groups in total. The fraction of sp³-hybridized carbons (Fsp3) is 0.188. The van der Waals surface area contributed by atoms with Crippen LogP contribution in [0.25, 0.3) is 0 Å². The fourth-order valence-electron chi connectivity index (χ4n) is 2.16. The third-order valence-corrected chi connectivity index (χ3v) is 3.30. The van der Waals surface area contributed by atoms with Gasteiger partial charge in [-0.25, -0.2) is 0 Å². The molecule has 0 spiro atoms. The Balaban J connectivity index is 1.69. The van der Waals surface area contributed by atoms with E-state index in [4.69, 9.17) is 15.2 Å². The van der Waals surface area contributed by atoms with E-state index in [1.165, 1.54) is 0 Å². The van der Waals surface area contributed by atoms with Crippen molar-refractivity contribution in [3.63, 3.8) is 0 Å². The molecule has 2 aromatic rings. The molecule has 0 aliphatic carbocycles. The summed E-state index contributed by atoms with van der Waals surface area (Å²) in [6, 6.07) is 12.6. The maximum atomic E-state index is 12.2. The zero-order chi connectivity index (χ0) is 14.7. The highest BCUT2D eigenvalue weighted by molar-refractivity contribution is 5.94. The van der Waals surface area contributed by atoms with Gasteiger partial charge in [0.15, 0.2) is 11.5 Å². The summed E-state index contributed by atoms with van der Waals surface area (Å²) in [6.07, 6.45) is 0. The van der Waals surface area contributed by atoms with Crippen molar-refractivity contribution in [1.29, 1.82) is 0 Å². The summed E-state index contributed by atoms with van der Waals surface area (Å²) in [6.45, 7) is 1.42. The molecule has 0 saturated carbocycles. The van der Waals surface area contributed by atoms with Gasteiger partial charge in [-0.05, 0) is 29.8 Å². The van der Waals surface area contributed by atoms with Crippen molar-refractivity contribution in [1.82, 2.24) is 5.32 Å². The molecule has 0 radical (unpaired) electrons. The number of ether oxygens (including phenoxy) is 2. The predicted octanol–water partition coefficient (Wildman–Crippen LogP) is 1.97. The Morgan fingerprint density at radius 1 is 1.10 bits per heavy atom. The van der Waals surface area contributed by atoms with Gasteiger partial charge in [0.2, 0.25) is 0 Å². The van der Waals surface area contributed by atoms with Crippen LogP contribution in [0.4, 0.5) is 5.69 Å². The first-order chi connectivity index (χ1) is 10.2. The fourth-order valence-corrected chi connectivity index (χ4v) is 2.16. The average molecular weight is 284 g/mol. The summed E-state index contributed by atoms with van der Waals surface area (Å²) in [5, 5.41) is 2.85. The number of amides is 1. The van der Waals surface area contributed by atoms with Crippen molar-refractivity contribution >= 4 is 11.6 Å². The maximum Gasteiger partial charge on any atom is 0.251 e. The van der Waals surface area contributed by atoms with Crippen molar-refractivity contribution in [2.75, 3.05) is 18.9 Å². The van der Waals surface area contributed by atoms with E-state index in [1.54, 1.807) is 18.2 Å². The summed E-state index contributed by atoms with van der Waals surface area (Å²) in [7, 11) is 0. The molecule has 3 rings (SSSR count). The molecule has 2 aromatic carbocycles. The first-order valence-electron chi connectivity index (χ1n) is 6.75. The van der Waals surface area contributed by atoms with Gasteiger partial charge in [-0.2, -0.15) is 0 Å². The molecule has 5 heteroatoms. The van der Waals surface area contributed by atoms with E-state index in [1.807, 2.05) is 24.3 Å². The molecule has 0 atom stereocenters. The molecule has 21 heavy (non-hydrogen) atoms. The van der Waals surface area contributed by atoms with Gasteiger partial charge in [-0.3, -0.25) is 4.79 Å². The third kappa shape index (κ3) is 2.91. The van der Waals surface area contributed by atoms with Gasteiger partial charge < -0.3 is 20.5 Å². The molecular formula is C16H16N2O3. The molecule has 0 saturated heterocycles. The summed E-state index contributed by atoms with van der Waals surface area (Å²) in [5.74, 6) is 1.11. The number of fused-ring (bicyclic) bond motifs is 1. The van der Waals surface area contributed by atoms with E-state index in [0.717, 1.165) is 5.56 Å². The van der Waals surface area contributed by atoms with E-state index < -0.39 is 0 Å². The lowest BCUT2D eigenvalue weighted by Gasteiger charge is -2.18. The first-order valence-corrected chi connectivity index (χ1v) is 6.75. The quantitative estimate of drug-likeness (QED) is 0.845. The van der Waals surface area contributed by atoms with Crippen molar-refractivity contribution in [3.05, 3.63) is 53.6 Å². The van der Waals surface area contributed by atoms with Crippen LogP contribution >= 0.6 is 0 Å². The summed E-state index contributed by atoms with van der Waals surface area (Å²) < 4.78 is 10.9. The van der Waals surface area contributed by atoms with Crippen LogP contribution in [0.1, 0.15) is 15.9 Å². The van der Waals surface area contributed by atoms with Gasteiger partial charge in [0.25, 0.3) is 5.91 Å². The number of rotatable bonds is 3. The highest BCUT2D eigenvalue weighted by Crippen LogP contribution is 2.30. The van der Waals surface area contributed by atoms with Gasteiger partial charge in [0.05, 0.1) is 0 Å². The van der Waals surface area contributed by atoms with Crippen LogP contribution in [-0.2, 0) is 6.54 Å². The minimum Gasteiger partial charge on any atom is -0.486 e. The first kappa shape index (κ1) is 13.3. The lowest BCUT2D eigenvalue weighted by Crippen LogP contribution is -2.24. The van der Waals surface area contributed by atoms with Crippen LogP contribution in [0.15, 0.2) is 42.5 Å². The monoisotopic (exact) mass is 284 g/mol. The number of carbonyl (C=O) groups excluding carboxylic acids is 1. The van der Waals surface area contributed by atoms with Gasteiger partial charge >= 0.3 is 0 Å². The molecular weight excluding hydrogens is 268 g/mol. The Hall–Kier alpha value is -2.69. The maximum absolute atomic E-state index is 12.2. The Kier molecular flexibility index (Phi) is 3.64. The molecule has 0 bridgehead atoms. The van der Waals surface area contributed by atoms with Crippen molar-refractivity contribution in [3.8, 4) is 11.5 Å². The zero-order valence-electron chi connectivity index (χ0n) is 11.5. The predicted molar refractivity (Wildman–Crippen MR) is 79.5 cm³/mol. The summed E-state index contributed by atoms with van der Waals surface area (Å²) >= 11 is 0. The Labute approximate surface area is 122 Å². The zero-order valence-corrected chi connectivity index (χ0v) is 11.5. The molecule has 1 amide bonds. The molecule has 1 heterocycles. The Bertz CT molecular complexity index is 670. The number of nitrogens with two attached hydrogens (primary N) is 1. The minimum absolute atomic E-state index is 0.171. The standard InChI is InChI=1S/C16H16N2O3/c17-13-4-2-1-3-12(13)10-18-16(19)11-5-6-14-15(9-11)21-8-7-20-14/h1-6,9H,7-8,10,17H2,(H,18,19). The van der Waals surface area contributed by atoms with Gasteiger partial charge in [0, 0.05) is 17.8 Å². The van der Waals surface area contributed by atoms with Crippen LogP contribution in [0.2, 0.25) is 0 Å². The highest BCUT2D eigenvalue weighted by atomic mass is 16.6. The number of nitrogens with one attached hydrogen (secondary N) is 1. The van der Waals surface area contributed by atoms with Crippen molar-refractivity contribution in [2.24, 2.45) is 0 Å². The molecule has 1 aliphatic rings. The minimum atomic E-state index is -0.171. The van der Waals surface area contributed by atoms with Crippen LogP contribution in [0, 0.1) is 0 Å². The van der Waals surface area contributed by atoms with Crippen LogP contribution in [0.3, 0.4) is 0 Å². The lowest BCUT2D eigenvalue weighted by atomic mass is 10.1. The smallest absolute Gasteiger partial charge is 0.251 e. The number of nitrogen functional groups attached to an aromatic ring is 1. The van der Waals surface area contributed by atoms with E-state index in [0.29, 0.717) is 42.5 Å². The number of para-hydroxylation sites is 1. The number of carbonyl (C=O) groups is 1. The third-order valence-electron chi connectivity index (χ3n) is 3.30. The van der Waals surface area contributed by atoms with Gasteiger partial charge in [-0.15, -0.1) is 0 Å². The number of benzene rings is 2. The molecule has 1 aliphatic heterocycles. The molecule has 5 nitrogen and oxygen atoms in total. The largest absolute Gasteiger partial charge is 0.486 e. The molecule has 0 unspecified atom stereocenters. The average Bonchev–Trinajstić information content (AvgIpc) is 2.53. The van der Waals surface area contributed by atoms with Crippen LogP contribution in [0.5, 0.6) is 11.5 Å². The van der Waals surface area contributed by atoms with Gasteiger partial charge in [0.1, 0.15) is 13.2 Å². The SMILES string of the molecule is Nc1ccccc1CNC(=O)c1ccc2c(c1)OCCO2. The molecule has 0 fully saturated rings. The number of hydrogen-bond acceptors (Lipinski definition) is 4. The number of anilines is 1. The second-order valence-corrected chi connectivity index (χ2v) is 4.74. The van der Waals surface area contributed by atoms with Crippen LogP contribution < -0.4 is 20.5 Å². The Morgan fingerprint density at radius 3 is 2.67 bits per heavy atom. The van der Waals surface area contributed by atoms with Crippen molar-refractivity contribution in [2.45, 2.75) is 6.54 Å². The topological polar surface area (TPSA) is 73.6 Å². The second kappa shape index (κ2) is 5.75. The second-order valence-electron chi connectivity index (χ2n) is 4.74. The lowest BCUT2D eigenvalue weighted by molar-refractivity contribution is 0.0949. The summed E-state index contributed by atoms with van der Waals surface area (Å²) in [4.78, 5) is 12.2. The number of hydrogen-bond donors (Lipinski definition) is 2. The van der Waals surface area contributed by atoms with E-state index in [9.17, 15) is 4.79 Å². The van der Waals surface area contributed by atoms with E-state index in [2.05, 4.69) is 5.32 Å². The highest BCUT2D eigenvalue weighted by Gasteiger charge is 2.14. The summed E-state index contributed by atoms with van der Waals surface area (Å²) in [5.41, 5.74) is 7.94. The normalized spacial score (nSPS) is 12.8. The van der Waals surface area contributed by atoms with E-state index >= 15 is 0 Å². The van der Waals surface area contributed by atoms with E-state index in [-0.39, 0.29) is 5.91 Å².